The van der Waals surface area contributed by atoms with Gasteiger partial charge in [-0.2, -0.15) is 0 Å². The number of amides is 1. The number of ether oxygens (including phenoxy) is 1. The molecule has 0 radical (unpaired) electrons. The molecule has 0 unspecified atom stereocenters. The Morgan fingerprint density at radius 1 is 1.33 bits per heavy atom. The van der Waals surface area contributed by atoms with E-state index in [1.165, 1.54) is 6.42 Å². The predicted molar refractivity (Wildman–Crippen MR) is 59.8 cm³/mol. The third kappa shape index (κ3) is 4.62. The second-order valence-corrected chi connectivity index (χ2v) is 4.17. The van der Waals surface area contributed by atoms with Crippen LogP contribution in [0.2, 0.25) is 0 Å². The maximum atomic E-state index is 11.8. The zero-order valence-electron chi connectivity index (χ0n) is 9.87. The first-order valence-corrected chi connectivity index (χ1v) is 5.69. The summed E-state index contributed by atoms with van der Waals surface area (Å²) in [7, 11) is 3.64. The lowest BCUT2D eigenvalue weighted by Crippen LogP contribution is -2.42. The quantitative estimate of drug-likeness (QED) is 0.671. The van der Waals surface area contributed by atoms with Crippen LogP contribution >= 0.6 is 0 Å². The molecule has 15 heavy (non-hydrogen) atoms. The Morgan fingerprint density at radius 3 is 2.60 bits per heavy atom. The highest BCUT2D eigenvalue weighted by atomic mass is 16.5. The smallest absolute Gasteiger partial charge is 0.236 e. The van der Waals surface area contributed by atoms with Crippen molar-refractivity contribution in [3.05, 3.63) is 0 Å². The molecule has 1 aliphatic rings. The summed E-state index contributed by atoms with van der Waals surface area (Å²) in [5.41, 5.74) is 0. The minimum atomic E-state index is 0.258. The van der Waals surface area contributed by atoms with Gasteiger partial charge in [0.2, 0.25) is 5.91 Å². The van der Waals surface area contributed by atoms with Gasteiger partial charge in [-0.25, -0.2) is 0 Å². The first-order valence-electron chi connectivity index (χ1n) is 5.69. The van der Waals surface area contributed by atoms with Crippen LogP contribution < -0.4 is 0 Å². The lowest BCUT2D eigenvalue weighted by molar-refractivity contribution is -0.133. The third-order valence-electron chi connectivity index (χ3n) is 2.79. The van der Waals surface area contributed by atoms with Crippen molar-refractivity contribution < 1.29 is 9.53 Å². The third-order valence-corrected chi connectivity index (χ3v) is 2.79. The van der Waals surface area contributed by atoms with E-state index in [0.717, 1.165) is 32.5 Å². The van der Waals surface area contributed by atoms with Crippen molar-refractivity contribution in [2.45, 2.75) is 19.3 Å². The highest BCUT2D eigenvalue weighted by Crippen LogP contribution is 2.08. The zero-order valence-corrected chi connectivity index (χ0v) is 9.87. The van der Waals surface area contributed by atoms with Gasteiger partial charge in [-0.1, -0.05) is 0 Å². The van der Waals surface area contributed by atoms with Crippen molar-refractivity contribution in [2.24, 2.45) is 0 Å². The Kier molecular flexibility index (Phi) is 5.65. The van der Waals surface area contributed by atoms with Gasteiger partial charge in [0.15, 0.2) is 0 Å². The maximum absolute atomic E-state index is 11.8. The highest BCUT2D eigenvalue weighted by Gasteiger charge is 2.17. The fourth-order valence-electron chi connectivity index (χ4n) is 1.80. The molecule has 0 bridgehead atoms. The average molecular weight is 214 g/mol. The summed E-state index contributed by atoms with van der Waals surface area (Å²) >= 11 is 0. The van der Waals surface area contributed by atoms with Crippen LogP contribution in [0.4, 0.5) is 0 Å². The molecule has 0 atom stereocenters. The standard InChI is InChI=1S/C11H22N2O2/c1-12(8-9-15-2)10-11(14)13-6-4-3-5-7-13/h3-10H2,1-2H3. The van der Waals surface area contributed by atoms with Crippen LogP contribution in [0.1, 0.15) is 19.3 Å². The summed E-state index contributed by atoms with van der Waals surface area (Å²) in [6.07, 6.45) is 3.59. The monoisotopic (exact) mass is 214 g/mol. The van der Waals surface area contributed by atoms with E-state index in [-0.39, 0.29) is 5.91 Å². The Morgan fingerprint density at radius 2 is 2.00 bits per heavy atom. The number of piperidine rings is 1. The first kappa shape index (κ1) is 12.5. The molecule has 0 N–H and O–H groups in total. The largest absolute Gasteiger partial charge is 0.383 e. The van der Waals surface area contributed by atoms with Crippen molar-refractivity contribution in [1.82, 2.24) is 9.80 Å². The number of hydrogen-bond acceptors (Lipinski definition) is 3. The number of nitrogens with zero attached hydrogens (tertiary/aromatic N) is 2. The van der Waals surface area contributed by atoms with Gasteiger partial charge in [-0.15, -0.1) is 0 Å². The van der Waals surface area contributed by atoms with Crippen molar-refractivity contribution in [1.29, 1.82) is 0 Å². The zero-order chi connectivity index (χ0) is 11.1. The van der Waals surface area contributed by atoms with Gasteiger partial charge in [0.25, 0.3) is 0 Å². The van der Waals surface area contributed by atoms with Crippen LogP contribution in [0.3, 0.4) is 0 Å². The minimum Gasteiger partial charge on any atom is -0.383 e. The Balaban J connectivity index is 2.21. The van der Waals surface area contributed by atoms with Crippen molar-refractivity contribution in [3.63, 3.8) is 0 Å². The molecule has 0 aromatic rings. The van der Waals surface area contributed by atoms with E-state index in [1.54, 1.807) is 7.11 Å². The molecule has 0 aromatic carbocycles. The lowest BCUT2D eigenvalue weighted by Gasteiger charge is -2.28. The number of likely N-dealkylation sites (tertiary alicyclic amines) is 1. The average Bonchev–Trinajstić information content (AvgIpc) is 2.27. The van der Waals surface area contributed by atoms with Gasteiger partial charge in [0.05, 0.1) is 13.2 Å². The van der Waals surface area contributed by atoms with E-state index in [0.29, 0.717) is 13.2 Å². The van der Waals surface area contributed by atoms with Crippen LogP contribution in [0.5, 0.6) is 0 Å². The minimum absolute atomic E-state index is 0.258. The molecule has 0 aliphatic carbocycles. The molecule has 1 aliphatic heterocycles. The van der Waals surface area contributed by atoms with Gasteiger partial charge in [-0.3, -0.25) is 9.69 Å². The fourth-order valence-corrected chi connectivity index (χ4v) is 1.80. The summed E-state index contributed by atoms with van der Waals surface area (Å²) < 4.78 is 4.97. The van der Waals surface area contributed by atoms with E-state index in [9.17, 15) is 4.79 Å². The number of carbonyl (C=O) groups excluding carboxylic acids is 1. The molecule has 0 saturated carbocycles. The molecule has 1 saturated heterocycles. The molecule has 1 fully saturated rings. The number of methoxy groups -OCH3 is 1. The van der Waals surface area contributed by atoms with E-state index in [4.69, 9.17) is 4.74 Å². The molecule has 88 valence electrons. The second-order valence-electron chi connectivity index (χ2n) is 4.17. The van der Waals surface area contributed by atoms with Crippen LogP contribution in [-0.4, -0.2) is 62.7 Å². The molecule has 4 nitrogen and oxygen atoms in total. The van der Waals surface area contributed by atoms with E-state index >= 15 is 0 Å². The van der Waals surface area contributed by atoms with E-state index in [1.807, 2.05) is 16.8 Å². The topological polar surface area (TPSA) is 32.8 Å². The first-order chi connectivity index (χ1) is 7.24. The van der Waals surface area contributed by atoms with Crippen LogP contribution in [-0.2, 0) is 9.53 Å². The molecular formula is C11H22N2O2. The van der Waals surface area contributed by atoms with Crippen LogP contribution in [0.25, 0.3) is 0 Å². The predicted octanol–water partition coefficient (Wildman–Crippen LogP) is 0.577. The summed E-state index contributed by atoms with van der Waals surface area (Å²) in [5.74, 6) is 0.258. The molecule has 1 rings (SSSR count). The summed E-state index contributed by atoms with van der Waals surface area (Å²) in [5, 5.41) is 0. The Hall–Kier alpha value is -0.610. The van der Waals surface area contributed by atoms with Crippen molar-refractivity contribution in [3.8, 4) is 0 Å². The highest BCUT2D eigenvalue weighted by molar-refractivity contribution is 5.78. The molecule has 1 amide bonds. The summed E-state index contributed by atoms with van der Waals surface area (Å²) in [6, 6.07) is 0. The summed E-state index contributed by atoms with van der Waals surface area (Å²) in [4.78, 5) is 15.8. The second kappa shape index (κ2) is 6.80. The Labute approximate surface area is 92.2 Å². The molecule has 4 heteroatoms. The number of likely N-dealkylation sites (N-methyl/N-ethyl adjacent to an activating group) is 1. The Bertz CT molecular complexity index is 191. The molecular weight excluding hydrogens is 192 g/mol. The normalized spacial score (nSPS) is 17.1. The van der Waals surface area contributed by atoms with Crippen molar-refractivity contribution >= 4 is 5.91 Å². The van der Waals surface area contributed by atoms with Crippen LogP contribution in [0, 0.1) is 0 Å². The lowest BCUT2D eigenvalue weighted by atomic mass is 10.1. The maximum Gasteiger partial charge on any atom is 0.236 e. The van der Waals surface area contributed by atoms with E-state index in [2.05, 4.69) is 0 Å². The molecule has 0 spiro atoms. The van der Waals surface area contributed by atoms with Crippen LogP contribution in [0.15, 0.2) is 0 Å². The van der Waals surface area contributed by atoms with Gasteiger partial charge < -0.3 is 9.64 Å². The van der Waals surface area contributed by atoms with Crippen molar-refractivity contribution in [2.75, 3.05) is 46.9 Å². The SMILES string of the molecule is COCCN(C)CC(=O)N1CCCCC1. The number of carbonyl (C=O) groups is 1. The van der Waals surface area contributed by atoms with Gasteiger partial charge in [0.1, 0.15) is 0 Å². The number of hydrogen-bond donors (Lipinski definition) is 0. The fraction of sp³-hybridized carbons (Fsp3) is 0.909. The molecule has 0 aromatic heterocycles. The van der Waals surface area contributed by atoms with Gasteiger partial charge >= 0.3 is 0 Å². The van der Waals surface area contributed by atoms with Gasteiger partial charge in [0, 0.05) is 26.7 Å². The summed E-state index contributed by atoms with van der Waals surface area (Å²) in [6.45, 7) is 3.90. The molecule has 1 heterocycles. The number of rotatable bonds is 5. The van der Waals surface area contributed by atoms with E-state index < -0.39 is 0 Å². The van der Waals surface area contributed by atoms with Gasteiger partial charge in [-0.05, 0) is 26.3 Å².